The van der Waals surface area contributed by atoms with Crippen molar-refractivity contribution >= 4 is 23.4 Å². The second-order valence-corrected chi connectivity index (χ2v) is 4.85. The Morgan fingerprint density at radius 2 is 1.89 bits per heavy atom. The molecule has 3 nitrogen and oxygen atoms in total. The molecular formula is C14H13N3S. The first-order chi connectivity index (χ1) is 8.66. The van der Waals surface area contributed by atoms with Crippen molar-refractivity contribution in [3.63, 3.8) is 0 Å². The van der Waals surface area contributed by atoms with Crippen molar-refractivity contribution in [2.75, 3.05) is 0 Å². The molecule has 0 saturated carbocycles. The highest BCUT2D eigenvalue weighted by Crippen LogP contribution is 2.27. The van der Waals surface area contributed by atoms with Crippen molar-refractivity contribution in [2.45, 2.75) is 19.0 Å². The summed E-state index contributed by atoms with van der Waals surface area (Å²) in [6.45, 7) is 4.22. The molecule has 0 saturated heterocycles. The molecule has 4 heteroatoms. The molecule has 0 atom stereocenters. The van der Waals surface area contributed by atoms with Crippen LogP contribution in [0.25, 0.3) is 16.5 Å². The minimum absolute atomic E-state index is 0.599. The number of aryl methyl sites for hydroxylation is 2. The van der Waals surface area contributed by atoms with Crippen molar-refractivity contribution in [3.8, 4) is 5.69 Å². The van der Waals surface area contributed by atoms with E-state index < -0.39 is 0 Å². The second-order valence-electron chi connectivity index (χ2n) is 4.45. The minimum Gasteiger partial charge on any atom is -0.276 e. The van der Waals surface area contributed by atoms with Crippen molar-refractivity contribution in [1.82, 2.24) is 14.8 Å². The Balaban J connectivity index is 2.40. The van der Waals surface area contributed by atoms with Gasteiger partial charge in [-0.25, -0.2) is 0 Å². The molecule has 3 rings (SSSR count). The summed E-state index contributed by atoms with van der Waals surface area (Å²) in [5.74, 6) is 0. The predicted molar refractivity (Wildman–Crippen MR) is 75.6 cm³/mol. The van der Waals surface area contributed by atoms with Crippen LogP contribution < -0.4 is 0 Å². The van der Waals surface area contributed by atoms with Gasteiger partial charge in [-0.05, 0) is 36.9 Å². The van der Waals surface area contributed by atoms with Gasteiger partial charge >= 0.3 is 0 Å². The van der Waals surface area contributed by atoms with Gasteiger partial charge in [-0.1, -0.05) is 23.8 Å². The van der Waals surface area contributed by atoms with Crippen LogP contribution in [0, 0.1) is 13.8 Å². The quantitative estimate of drug-likeness (QED) is 0.676. The van der Waals surface area contributed by atoms with Gasteiger partial charge in [-0.2, -0.15) is 0 Å². The summed E-state index contributed by atoms with van der Waals surface area (Å²) in [5, 5.41) is 10.9. The lowest BCUT2D eigenvalue weighted by molar-refractivity contribution is 0.895. The van der Waals surface area contributed by atoms with Crippen LogP contribution in [0.15, 0.2) is 41.8 Å². The molecule has 0 aliphatic heterocycles. The van der Waals surface area contributed by atoms with Gasteiger partial charge in [0.1, 0.15) is 6.33 Å². The monoisotopic (exact) mass is 255 g/mol. The summed E-state index contributed by atoms with van der Waals surface area (Å²) >= 11 is 4.33. The maximum atomic E-state index is 4.33. The smallest absolute Gasteiger partial charge is 0.192 e. The van der Waals surface area contributed by atoms with Gasteiger partial charge in [-0.3, -0.25) is 4.57 Å². The van der Waals surface area contributed by atoms with E-state index in [9.17, 15) is 0 Å². The highest BCUT2D eigenvalue weighted by molar-refractivity contribution is 7.80. The first-order valence-electron chi connectivity index (χ1n) is 5.76. The van der Waals surface area contributed by atoms with E-state index in [1.165, 1.54) is 21.9 Å². The maximum absolute atomic E-state index is 4.33. The van der Waals surface area contributed by atoms with Crippen LogP contribution in [0.5, 0.6) is 0 Å². The Kier molecular flexibility index (Phi) is 2.59. The Morgan fingerprint density at radius 1 is 1.06 bits per heavy atom. The molecule has 1 heterocycles. The van der Waals surface area contributed by atoms with E-state index >= 15 is 0 Å². The number of rotatable bonds is 1. The van der Waals surface area contributed by atoms with Gasteiger partial charge in [0.05, 0.1) is 5.69 Å². The van der Waals surface area contributed by atoms with Crippen LogP contribution in [0.2, 0.25) is 0 Å². The molecule has 0 amide bonds. The van der Waals surface area contributed by atoms with Crippen LogP contribution >= 0.6 is 12.6 Å². The van der Waals surface area contributed by atoms with Crippen LogP contribution in [0.3, 0.4) is 0 Å². The van der Waals surface area contributed by atoms with Gasteiger partial charge < -0.3 is 0 Å². The third-order valence-electron chi connectivity index (χ3n) is 3.16. The molecule has 0 N–H and O–H groups in total. The first-order valence-corrected chi connectivity index (χ1v) is 6.21. The third kappa shape index (κ3) is 1.69. The number of benzene rings is 2. The van der Waals surface area contributed by atoms with E-state index in [-0.39, 0.29) is 0 Å². The topological polar surface area (TPSA) is 30.7 Å². The molecule has 90 valence electrons. The summed E-state index contributed by atoms with van der Waals surface area (Å²) in [4.78, 5) is 0. The highest BCUT2D eigenvalue weighted by Gasteiger charge is 2.08. The SMILES string of the molecule is Cc1ccc2c(C)ccc(-n3cnnc3S)c2c1. The lowest BCUT2D eigenvalue weighted by Crippen LogP contribution is -1.96. The molecule has 0 aliphatic carbocycles. The van der Waals surface area contributed by atoms with Crippen molar-refractivity contribution in [3.05, 3.63) is 47.8 Å². The number of hydrogen-bond acceptors (Lipinski definition) is 3. The van der Waals surface area contributed by atoms with E-state index in [0.29, 0.717) is 5.16 Å². The number of thiol groups is 1. The first kappa shape index (κ1) is 11.3. The van der Waals surface area contributed by atoms with Crippen LogP contribution in [0.4, 0.5) is 0 Å². The number of hydrogen-bond donors (Lipinski definition) is 1. The standard InChI is InChI=1S/C14H13N3S/c1-9-3-5-11-10(2)4-6-13(12(11)7-9)17-8-15-16-14(17)18/h3-8H,1-2H3,(H,16,18). The van der Waals surface area contributed by atoms with Crippen LogP contribution in [0.1, 0.15) is 11.1 Å². The van der Waals surface area contributed by atoms with E-state index in [1.807, 2.05) is 4.57 Å². The second kappa shape index (κ2) is 4.14. The molecule has 0 bridgehead atoms. The van der Waals surface area contributed by atoms with Crippen molar-refractivity contribution < 1.29 is 0 Å². The summed E-state index contributed by atoms with van der Waals surface area (Å²) in [6.07, 6.45) is 1.69. The Labute approximate surface area is 111 Å². The molecule has 0 fully saturated rings. The highest BCUT2D eigenvalue weighted by atomic mass is 32.1. The largest absolute Gasteiger partial charge is 0.276 e. The molecule has 0 radical (unpaired) electrons. The fraction of sp³-hybridized carbons (Fsp3) is 0.143. The molecule has 2 aromatic carbocycles. The van der Waals surface area contributed by atoms with E-state index in [2.05, 4.69) is 67.0 Å². The number of fused-ring (bicyclic) bond motifs is 1. The third-order valence-corrected chi connectivity index (χ3v) is 3.46. The molecule has 1 aromatic heterocycles. The Hall–Kier alpha value is -1.81. The predicted octanol–water partition coefficient (Wildman–Crippen LogP) is 3.33. The van der Waals surface area contributed by atoms with Crippen molar-refractivity contribution in [2.24, 2.45) is 0 Å². The van der Waals surface area contributed by atoms with E-state index in [4.69, 9.17) is 0 Å². The Morgan fingerprint density at radius 3 is 2.61 bits per heavy atom. The molecule has 18 heavy (non-hydrogen) atoms. The van der Waals surface area contributed by atoms with Gasteiger partial charge in [-0.15, -0.1) is 22.8 Å². The zero-order valence-corrected chi connectivity index (χ0v) is 11.1. The molecule has 0 spiro atoms. The van der Waals surface area contributed by atoms with Gasteiger partial charge in [0.15, 0.2) is 5.16 Å². The molecule has 0 unspecified atom stereocenters. The average Bonchev–Trinajstić information content (AvgIpc) is 2.76. The Bertz CT molecular complexity index is 731. The lowest BCUT2D eigenvalue weighted by atomic mass is 10.0. The van der Waals surface area contributed by atoms with Crippen molar-refractivity contribution in [1.29, 1.82) is 0 Å². The molecule has 0 aliphatic rings. The zero-order valence-electron chi connectivity index (χ0n) is 10.3. The summed E-state index contributed by atoms with van der Waals surface area (Å²) in [5.41, 5.74) is 3.57. The average molecular weight is 255 g/mol. The number of nitrogens with zero attached hydrogens (tertiary/aromatic N) is 3. The van der Waals surface area contributed by atoms with Gasteiger partial charge in [0.2, 0.25) is 0 Å². The van der Waals surface area contributed by atoms with E-state index in [0.717, 1.165) is 5.69 Å². The summed E-state index contributed by atoms with van der Waals surface area (Å²) in [6, 6.07) is 10.7. The fourth-order valence-corrected chi connectivity index (χ4v) is 2.42. The fourth-order valence-electron chi connectivity index (χ4n) is 2.21. The lowest BCUT2D eigenvalue weighted by Gasteiger charge is -2.11. The molecular weight excluding hydrogens is 242 g/mol. The van der Waals surface area contributed by atoms with Crippen LogP contribution in [-0.4, -0.2) is 14.8 Å². The molecule has 3 aromatic rings. The van der Waals surface area contributed by atoms with Crippen LogP contribution in [-0.2, 0) is 0 Å². The summed E-state index contributed by atoms with van der Waals surface area (Å²) < 4.78 is 1.89. The maximum Gasteiger partial charge on any atom is 0.192 e. The number of aromatic nitrogens is 3. The zero-order chi connectivity index (χ0) is 12.7. The summed E-state index contributed by atoms with van der Waals surface area (Å²) in [7, 11) is 0. The van der Waals surface area contributed by atoms with E-state index in [1.54, 1.807) is 6.33 Å². The normalized spacial score (nSPS) is 11.1. The minimum atomic E-state index is 0.599. The van der Waals surface area contributed by atoms with Gasteiger partial charge in [0.25, 0.3) is 0 Å². The van der Waals surface area contributed by atoms with Gasteiger partial charge in [0, 0.05) is 5.39 Å².